The molecule has 0 fully saturated rings. The van der Waals surface area contributed by atoms with Gasteiger partial charge in [0.15, 0.2) is 0 Å². The van der Waals surface area contributed by atoms with Gasteiger partial charge in [-0.2, -0.15) is 4.31 Å². The van der Waals surface area contributed by atoms with Crippen LogP contribution in [0.15, 0.2) is 58.3 Å². The molecule has 23 heavy (non-hydrogen) atoms. The summed E-state index contributed by atoms with van der Waals surface area (Å²) in [5, 5.41) is 10.6. The number of nitro groups is 1. The minimum absolute atomic E-state index is 0.0336. The van der Waals surface area contributed by atoms with Gasteiger partial charge in [0.1, 0.15) is 0 Å². The van der Waals surface area contributed by atoms with E-state index in [4.69, 9.17) is 0 Å². The lowest BCUT2D eigenvalue weighted by Gasteiger charge is -2.17. The van der Waals surface area contributed by atoms with Crippen molar-refractivity contribution in [3.05, 3.63) is 64.2 Å². The summed E-state index contributed by atoms with van der Waals surface area (Å²) in [6.07, 6.45) is 1.97. The fraction of sp³-hybridized carbons (Fsp3) is 0.200. The highest BCUT2D eigenvalue weighted by Crippen LogP contribution is 2.21. The van der Waals surface area contributed by atoms with Crippen LogP contribution in [0.2, 0.25) is 0 Å². The van der Waals surface area contributed by atoms with Crippen LogP contribution in [0.4, 0.5) is 5.69 Å². The van der Waals surface area contributed by atoms with Crippen molar-refractivity contribution in [2.24, 2.45) is 0 Å². The van der Waals surface area contributed by atoms with Gasteiger partial charge in [0.25, 0.3) is 5.69 Å². The summed E-state index contributed by atoms with van der Waals surface area (Å²) in [5.41, 5.74) is 0.732. The van der Waals surface area contributed by atoms with Crippen LogP contribution in [0.5, 0.6) is 0 Å². The van der Waals surface area contributed by atoms with E-state index < -0.39 is 14.9 Å². The lowest BCUT2D eigenvalue weighted by molar-refractivity contribution is -0.384. The smallest absolute Gasteiger partial charge is 0.258 e. The second-order valence-corrected chi connectivity index (χ2v) is 7.78. The molecular weight excluding hydrogens is 336 g/mol. The van der Waals surface area contributed by atoms with Crippen molar-refractivity contribution >= 4 is 27.5 Å². The van der Waals surface area contributed by atoms with E-state index in [1.807, 2.05) is 30.5 Å². The van der Waals surface area contributed by atoms with Crippen LogP contribution in [0.3, 0.4) is 0 Å². The quantitative estimate of drug-likeness (QED) is 0.453. The fourth-order valence-corrected chi connectivity index (χ4v) is 3.56. The molecule has 0 atom stereocenters. The molecular formula is C15H16N2O4S2. The van der Waals surface area contributed by atoms with Gasteiger partial charge in [0, 0.05) is 30.6 Å². The predicted octanol–water partition coefficient (Wildman–Crippen LogP) is 3.14. The first-order valence-corrected chi connectivity index (χ1v) is 9.35. The van der Waals surface area contributed by atoms with Crippen LogP contribution in [-0.2, 0) is 16.6 Å². The molecule has 2 rings (SSSR count). The molecule has 0 amide bonds. The number of non-ortho nitro benzene ring substituents is 1. The van der Waals surface area contributed by atoms with E-state index in [0.29, 0.717) is 0 Å². The summed E-state index contributed by atoms with van der Waals surface area (Å²) in [5.74, 6) is 0. The first-order valence-electron chi connectivity index (χ1n) is 6.68. The van der Waals surface area contributed by atoms with E-state index in [9.17, 15) is 18.5 Å². The van der Waals surface area contributed by atoms with E-state index in [-0.39, 0.29) is 17.1 Å². The number of nitro benzene ring substituents is 1. The Morgan fingerprint density at radius 3 is 2.13 bits per heavy atom. The zero-order valence-electron chi connectivity index (χ0n) is 12.7. The molecule has 0 aliphatic carbocycles. The lowest BCUT2D eigenvalue weighted by Crippen LogP contribution is -2.26. The molecule has 0 radical (unpaired) electrons. The van der Waals surface area contributed by atoms with Crippen LogP contribution in [0, 0.1) is 10.1 Å². The average Bonchev–Trinajstić information content (AvgIpc) is 2.55. The van der Waals surface area contributed by atoms with Gasteiger partial charge < -0.3 is 0 Å². The Balaban J connectivity index is 2.18. The molecule has 0 saturated carbocycles. The molecule has 2 aromatic rings. The summed E-state index contributed by atoms with van der Waals surface area (Å²) in [7, 11) is -2.20. The number of thioether (sulfide) groups is 1. The zero-order valence-corrected chi connectivity index (χ0v) is 14.3. The van der Waals surface area contributed by atoms with E-state index in [1.54, 1.807) is 11.8 Å². The van der Waals surface area contributed by atoms with Crippen molar-refractivity contribution in [2.75, 3.05) is 13.3 Å². The molecule has 0 saturated heterocycles. The molecule has 0 unspecified atom stereocenters. The van der Waals surface area contributed by atoms with Crippen molar-refractivity contribution in [3.63, 3.8) is 0 Å². The molecule has 0 N–H and O–H groups in total. The maximum absolute atomic E-state index is 12.5. The van der Waals surface area contributed by atoms with Crippen LogP contribution in [0.1, 0.15) is 5.56 Å². The fourth-order valence-electron chi connectivity index (χ4n) is 1.99. The van der Waals surface area contributed by atoms with Crippen molar-refractivity contribution in [3.8, 4) is 0 Å². The standard InChI is InChI=1S/C15H16N2O4S2/c1-16(11-12-3-7-14(22-2)8-4-12)23(20,21)15-9-5-13(6-10-15)17(18)19/h3-10H,11H2,1-2H3. The van der Waals surface area contributed by atoms with Crippen LogP contribution >= 0.6 is 11.8 Å². The Morgan fingerprint density at radius 1 is 1.09 bits per heavy atom. The molecule has 8 heteroatoms. The van der Waals surface area contributed by atoms with Crippen molar-refractivity contribution in [1.82, 2.24) is 4.31 Å². The molecule has 122 valence electrons. The van der Waals surface area contributed by atoms with E-state index in [2.05, 4.69) is 0 Å². The Hall–Kier alpha value is -1.90. The van der Waals surface area contributed by atoms with E-state index in [0.717, 1.165) is 10.5 Å². The van der Waals surface area contributed by atoms with Gasteiger partial charge in [0.2, 0.25) is 10.0 Å². The first-order chi connectivity index (χ1) is 10.8. The maximum atomic E-state index is 12.5. The number of nitrogens with zero attached hydrogens (tertiary/aromatic N) is 2. The number of hydrogen-bond acceptors (Lipinski definition) is 5. The van der Waals surface area contributed by atoms with Crippen molar-refractivity contribution in [2.45, 2.75) is 16.3 Å². The van der Waals surface area contributed by atoms with Gasteiger partial charge in [-0.15, -0.1) is 11.8 Å². The third-order valence-corrected chi connectivity index (χ3v) is 5.88. The Morgan fingerprint density at radius 2 is 1.65 bits per heavy atom. The number of sulfonamides is 1. The van der Waals surface area contributed by atoms with E-state index in [1.165, 1.54) is 35.6 Å². The van der Waals surface area contributed by atoms with Gasteiger partial charge in [-0.1, -0.05) is 12.1 Å². The maximum Gasteiger partial charge on any atom is 0.269 e. The SMILES string of the molecule is CSc1ccc(CN(C)S(=O)(=O)c2ccc([N+](=O)[O-])cc2)cc1. The molecule has 2 aromatic carbocycles. The normalized spacial score (nSPS) is 11.6. The number of rotatable bonds is 6. The minimum Gasteiger partial charge on any atom is -0.258 e. The Kier molecular flexibility index (Phi) is 5.40. The summed E-state index contributed by atoms with van der Waals surface area (Å²) in [4.78, 5) is 11.2. The predicted molar refractivity (Wildman–Crippen MR) is 90.0 cm³/mol. The highest BCUT2D eigenvalue weighted by atomic mass is 32.2. The number of benzene rings is 2. The summed E-state index contributed by atoms with van der Waals surface area (Å²) >= 11 is 1.62. The van der Waals surface area contributed by atoms with Crippen molar-refractivity contribution in [1.29, 1.82) is 0 Å². The third kappa shape index (κ3) is 4.10. The lowest BCUT2D eigenvalue weighted by atomic mass is 10.2. The molecule has 0 bridgehead atoms. The van der Waals surface area contributed by atoms with E-state index >= 15 is 0 Å². The third-order valence-electron chi connectivity index (χ3n) is 3.32. The molecule has 0 aliphatic heterocycles. The Labute approximate surface area is 139 Å². The molecule has 0 aromatic heterocycles. The highest BCUT2D eigenvalue weighted by molar-refractivity contribution is 7.98. The van der Waals surface area contributed by atoms with Gasteiger partial charge in [-0.25, -0.2) is 8.42 Å². The second-order valence-electron chi connectivity index (χ2n) is 4.86. The van der Waals surface area contributed by atoms with Crippen molar-refractivity contribution < 1.29 is 13.3 Å². The van der Waals surface area contributed by atoms with Gasteiger partial charge in [-0.3, -0.25) is 10.1 Å². The van der Waals surface area contributed by atoms with Gasteiger partial charge >= 0.3 is 0 Å². The first kappa shape index (κ1) is 17.5. The molecule has 6 nitrogen and oxygen atoms in total. The van der Waals surface area contributed by atoms with Gasteiger partial charge in [-0.05, 0) is 36.1 Å². The van der Waals surface area contributed by atoms with Crippen LogP contribution in [-0.4, -0.2) is 30.9 Å². The second kappa shape index (κ2) is 7.12. The van der Waals surface area contributed by atoms with Crippen LogP contribution < -0.4 is 0 Å². The minimum atomic E-state index is -3.69. The Bertz CT molecular complexity index is 787. The largest absolute Gasteiger partial charge is 0.269 e. The molecule has 0 heterocycles. The van der Waals surface area contributed by atoms with Gasteiger partial charge in [0.05, 0.1) is 9.82 Å². The monoisotopic (exact) mass is 352 g/mol. The molecule has 0 spiro atoms. The number of hydrogen-bond donors (Lipinski definition) is 0. The summed E-state index contributed by atoms with van der Waals surface area (Å²) in [6.45, 7) is 0.230. The summed E-state index contributed by atoms with van der Waals surface area (Å²) in [6, 6.07) is 12.5. The zero-order chi connectivity index (χ0) is 17.0. The highest BCUT2D eigenvalue weighted by Gasteiger charge is 2.21. The average molecular weight is 352 g/mol. The van der Waals surface area contributed by atoms with Crippen LogP contribution in [0.25, 0.3) is 0 Å². The summed E-state index contributed by atoms with van der Waals surface area (Å²) < 4.78 is 26.2. The topological polar surface area (TPSA) is 80.5 Å². The molecule has 0 aliphatic rings.